The lowest BCUT2D eigenvalue weighted by atomic mass is 9.78. The lowest BCUT2D eigenvalue weighted by Gasteiger charge is -2.31. The Kier molecular flexibility index (Phi) is 4.25. The van der Waals surface area contributed by atoms with Crippen molar-refractivity contribution in [1.82, 2.24) is 0 Å². The third-order valence-corrected chi connectivity index (χ3v) is 5.02. The van der Waals surface area contributed by atoms with E-state index in [1.54, 1.807) is 11.3 Å². The molecule has 96 valence electrons. The summed E-state index contributed by atoms with van der Waals surface area (Å²) in [6, 6.07) is 14.3. The predicted molar refractivity (Wildman–Crippen MR) is 81.2 cm³/mol. The van der Waals surface area contributed by atoms with Crippen molar-refractivity contribution >= 4 is 27.3 Å². The van der Waals surface area contributed by atoms with Crippen LogP contribution in [-0.2, 0) is 11.8 Å². The van der Waals surface area contributed by atoms with Crippen molar-refractivity contribution in [3.8, 4) is 0 Å². The lowest BCUT2D eigenvalue weighted by Crippen LogP contribution is -2.35. The molecule has 0 amide bonds. The molecule has 2 rings (SSSR count). The van der Waals surface area contributed by atoms with E-state index in [1.807, 2.05) is 24.3 Å². The van der Waals surface area contributed by atoms with Crippen LogP contribution in [-0.4, -0.2) is 11.2 Å². The smallest absolute Gasteiger partial charge is 0.0701 e. The molecule has 0 bridgehead atoms. The minimum absolute atomic E-state index is 0.238. The Bertz CT molecular complexity index is 504. The fraction of sp³-hybridized carbons (Fsp3) is 0.333. The first-order valence-corrected chi connectivity index (χ1v) is 7.59. The number of rotatable bonds is 4. The van der Waals surface area contributed by atoms with E-state index in [0.29, 0.717) is 6.42 Å². The quantitative estimate of drug-likeness (QED) is 0.884. The van der Waals surface area contributed by atoms with Crippen LogP contribution in [0.15, 0.2) is 46.3 Å². The molecule has 0 saturated carbocycles. The number of thiophene rings is 1. The SMILES string of the molecule is CC(C)(c1ccccc1)C(O)Cc1ccc(Br)s1. The first-order chi connectivity index (χ1) is 8.50. The largest absolute Gasteiger partial charge is 0.392 e. The second kappa shape index (κ2) is 5.55. The molecule has 1 unspecified atom stereocenters. The Morgan fingerprint density at radius 3 is 2.39 bits per heavy atom. The monoisotopic (exact) mass is 324 g/mol. The van der Waals surface area contributed by atoms with E-state index in [1.165, 1.54) is 10.4 Å². The highest BCUT2D eigenvalue weighted by molar-refractivity contribution is 9.11. The molecule has 0 radical (unpaired) electrons. The maximum atomic E-state index is 10.5. The summed E-state index contributed by atoms with van der Waals surface area (Å²) in [5.74, 6) is 0. The molecule has 0 aliphatic rings. The van der Waals surface area contributed by atoms with Gasteiger partial charge in [-0.3, -0.25) is 0 Å². The Labute approximate surface area is 121 Å². The Morgan fingerprint density at radius 2 is 1.83 bits per heavy atom. The highest BCUT2D eigenvalue weighted by atomic mass is 79.9. The van der Waals surface area contributed by atoms with Crippen LogP contribution < -0.4 is 0 Å². The molecule has 0 spiro atoms. The number of benzene rings is 1. The highest BCUT2D eigenvalue weighted by Crippen LogP contribution is 2.31. The molecule has 1 atom stereocenters. The molecule has 18 heavy (non-hydrogen) atoms. The van der Waals surface area contributed by atoms with Crippen molar-refractivity contribution in [3.05, 3.63) is 56.7 Å². The summed E-state index contributed by atoms with van der Waals surface area (Å²) in [5, 5.41) is 10.5. The molecule has 3 heteroatoms. The lowest BCUT2D eigenvalue weighted by molar-refractivity contribution is 0.101. The number of aliphatic hydroxyl groups excluding tert-OH is 1. The van der Waals surface area contributed by atoms with Gasteiger partial charge < -0.3 is 5.11 Å². The standard InChI is InChI=1S/C15H17BrOS/c1-15(2,11-6-4-3-5-7-11)13(17)10-12-8-9-14(16)18-12/h3-9,13,17H,10H2,1-2H3. The number of hydrogen-bond acceptors (Lipinski definition) is 2. The van der Waals surface area contributed by atoms with Crippen LogP contribution >= 0.6 is 27.3 Å². The van der Waals surface area contributed by atoms with Crippen LogP contribution in [0.3, 0.4) is 0 Å². The van der Waals surface area contributed by atoms with Gasteiger partial charge in [-0.05, 0) is 33.6 Å². The number of aliphatic hydroxyl groups is 1. The first kappa shape index (κ1) is 13.8. The summed E-state index contributed by atoms with van der Waals surface area (Å²) in [6.45, 7) is 4.19. The molecular formula is C15H17BrOS. The minimum atomic E-state index is -0.384. The second-order valence-corrected chi connectivity index (χ2v) is 7.56. The Morgan fingerprint density at radius 1 is 1.17 bits per heavy atom. The van der Waals surface area contributed by atoms with Gasteiger partial charge in [-0.15, -0.1) is 11.3 Å². The van der Waals surface area contributed by atoms with Gasteiger partial charge in [0.25, 0.3) is 0 Å². The van der Waals surface area contributed by atoms with Gasteiger partial charge in [-0.2, -0.15) is 0 Å². The predicted octanol–water partition coefficient (Wildman–Crippen LogP) is 4.39. The molecule has 0 aliphatic carbocycles. The van der Waals surface area contributed by atoms with E-state index in [9.17, 15) is 5.11 Å². The number of hydrogen-bond donors (Lipinski definition) is 1. The highest BCUT2D eigenvalue weighted by Gasteiger charge is 2.29. The van der Waals surface area contributed by atoms with Crippen molar-refractivity contribution in [2.24, 2.45) is 0 Å². The summed E-state index contributed by atoms with van der Waals surface area (Å²) in [7, 11) is 0. The van der Waals surface area contributed by atoms with E-state index in [4.69, 9.17) is 0 Å². The van der Waals surface area contributed by atoms with Crippen molar-refractivity contribution < 1.29 is 5.11 Å². The van der Waals surface area contributed by atoms with Crippen LogP contribution in [0.1, 0.15) is 24.3 Å². The summed E-state index contributed by atoms with van der Waals surface area (Å²) in [6.07, 6.45) is 0.309. The Hall–Kier alpha value is -0.640. The van der Waals surface area contributed by atoms with Crippen molar-refractivity contribution in [2.45, 2.75) is 31.8 Å². The molecule has 1 aromatic heterocycles. The van der Waals surface area contributed by atoms with Crippen LogP contribution in [0, 0.1) is 0 Å². The van der Waals surface area contributed by atoms with Gasteiger partial charge in [0, 0.05) is 16.7 Å². The first-order valence-electron chi connectivity index (χ1n) is 5.98. The fourth-order valence-corrected chi connectivity index (χ4v) is 3.49. The van der Waals surface area contributed by atoms with Crippen LogP contribution in [0.4, 0.5) is 0 Å². The van der Waals surface area contributed by atoms with Gasteiger partial charge in [-0.25, -0.2) is 0 Å². The van der Waals surface area contributed by atoms with Gasteiger partial charge in [-0.1, -0.05) is 44.2 Å². The summed E-state index contributed by atoms with van der Waals surface area (Å²) >= 11 is 5.14. The zero-order chi connectivity index (χ0) is 13.2. The second-order valence-electron chi connectivity index (χ2n) is 5.01. The topological polar surface area (TPSA) is 20.2 Å². The molecule has 0 aliphatic heterocycles. The molecule has 1 heterocycles. The Balaban J connectivity index is 2.15. The van der Waals surface area contributed by atoms with Gasteiger partial charge in [0.1, 0.15) is 0 Å². The molecule has 0 saturated heterocycles. The molecule has 1 aromatic carbocycles. The minimum Gasteiger partial charge on any atom is -0.392 e. The number of halogens is 1. The average molecular weight is 325 g/mol. The summed E-state index contributed by atoms with van der Waals surface area (Å²) in [5.41, 5.74) is 0.936. The maximum Gasteiger partial charge on any atom is 0.0701 e. The van der Waals surface area contributed by atoms with E-state index >= 15 is 0 Å². The summed E-state index contributed by atoms with van der Waals surface area (Å²) in [4.78, 5) is 1.21. The van der Waals surface area contributed by atoms with Gasteiger partial charge in [0.15, 0.2) is 0 Å². The van der Waals surface area contributed by atoms with Gasteiger partial charge >= 0.3 is 0 Å². The fourth-order valence-electron chi connectivity index (χ4n) is 1.97. The molecule has 1 N–H and O–H groups in total. The van der Waals surface area contributed by atoms with Crippen molar-refractivity contribution in [1.29, 1.82) is 0 Å². The third-order valence-electron chi connectivity index (χ3n) is 3.37. The van der Waals surface area contributed by atoms with E-state index in [0.717, 1.165) is 3.79 Å². The zero-order valence-corrected chi connectivity index (χ0v) is 13.0. The van der Waals surface area contributed by atoms with E-state index < -0.39 is 0 Å². The molecular weight excluding hydrogens is 308 g/mol. The molecule has 2 aromatic rings. The molecule has 0 fully saturated rings. The van der Waals surface area contributed by atoms with Gasteiger partial charge in [0.05, 0.1) is 9.89 Å². The zero-order valence-electron chi connectivity index (χ0n) is 10.6. The van der Waals surface area contributed by atoms with Crippen LogP contribution in [0.2, 0.25) is 0 Å². The van der Waals surface area contributed by atoms with Crippen molar-refractivity contribution in [3.63, 3.8) is 0 Å². The van der Waals surface area contributed by atoms with E-state index in [2.05, 4.69) is 48.0 Å². The third kappa shape index (κ3) is 3.02. The van der Waals surface area contributed by atoms with E-state index in [-0.39, 0.29) is 11.5 Å². The average Bonchev–Trinajstić information content (AvgIpc) is 2.76. The van der Waals surface area contributed by atoms with Crippen molar-refractivity contribution in [2.75, 3.05) is 0 Å². The molecule has 1 nitrogen and oxygen atoms in total. The summed E-state index contributed by atoms with van der Waals surface area (Å²) < 4.78 is 1.11. The normalized spacial score (nSPS) is 13.6. The van der Waals surface area contributed by atoms with Crippen LogP contribution in [0.25, 0.3) is 0 Å². The van der Waals surface area contributed by atoms with Gasteiger partial charge in [0.2, 0.25) is 0 Å². The van der Waals surface area contributed by atoms with Crippen LogP contribution in [0.5, 0.6) is 0 Å². The maximum absolute atomic E-state index is 10.5.